The van der Waals surface area contributed by atoms with Crippen LogP contribution in [0.4, 0.5) is 0 Å². The fraction of sp³-hybridized carbons (Fsp3) is 0.357. The van der Waals surface area contributed by atoms with Crippen molar-refractivity contribution in [2.45, 2.75) is 33.3 Å². The number of rotatable bonds is 1. The molecule has 1 aromatic carbocycles. The van der Waals surface area contributed by atoms with Crippen molar-refractivity contribution >= 4 is 11.5 Å². The molecule has 2 nitrogen and oxygen atoms in total. The zero-order chi connectivity index (χ0) is 11.9. The van der Waals surface area contributed by atoms with E-state index in [1.165, 1.54) is 11.1 Å². The quantitative estimate of drug-likeness (QED) is 0.674. The molecule has 0 aromatic heterocycles. The second kappa shape index (κ2) is 3.48. The first-order valence-corrected chi connectivity index (χ1v) is 5.42. The van der Waals surface area contributed by atoms with Crippen molar-refractivity contribution in [3.05, 3.63) is 41.0 Å². The first-order chi connectivity index (χ1) is 7.38. The predicted octanol–water partition coefficient (Wildman–Crippen LogP) is 3.02. The lowest BCUT2D eigenvalue weighted by Crippen LogP contribution is -2.22. The predicted molar refractivity (Wildman–Crippen MR) is 64.1 cm³/mol. The van der Waals surface area contributed by atoms with Crippen LogP contribution in [0.3, 0.4) is 0 Å². The SMILES string of the molecule is Cc1cc(C)cc(C2=CC(=O)OC2(C)C)c1. The molecule has 84 valence electrons. The summed E-state index contributed by atoms with van der Waals surface area (Å²) < 4.78 is 5.26. The first kappa shape index (κ1) is 10.9. The molecule has 1 aliphatic heterocycles. The van der Waals surface area contributed by atoms with Crippen LogP contribution in [0, 0.1) is 13.8 Å². The third-order valence-corrected chi connectivity index (χ3v) is 2.80. The van der Waals surface area contributed by atoms with Crippen LogP contribution in [-0.2, 0) is 9.53 Å². The molecule has 2 heteroatoms. The van der Waals surface area contributed by atoms with Crippen molar-refractivity contribution in [3.8, 4) is 0 Å². The number of aryl methyl sites for hydroxylation is 2. The lowest BCUT2D eigenvalue weighted by atomic mass is 9.90. The Kier molecular flexibility index (Phi) is 2.38. The molecule has 1 aromatic rings. The number of cyclic esters (lactones) is 1. The second-order valence-corrected chi connectivity index (χ2v) is 4.87. The van der Waals surface area contributed by atoms with Crippen LogP contribution >= 0.6 is 0 Å². The van der Waals surface area contributed by atoms with Gasteiger partial charge in [0.2, 0.25) is 0 Å². The Morgan fingerprint density at radius 2 is 1.62 bits per heavy atom. The Morgan fingerprint density at radius 3 is 2.06 bits per heavy atom. The molecule has 0 bridgehead atoms. The van der Waals surface area contributed by atoms with E-state index in [1.807, 2.05) is 13.8 Å². The van der Waals surface area contributed by atoms with Gasteiger partial charge in [-0.2, -0.15) is 0 Å². The molecule has 0 N–H and O–H groups in total. The third kappa shape index (κ3) is 1.87. The molecule has 0 radical (unpaired) electrons. The van der Waals surface area contributed by atoms with E-state index in [9.17, 15) is 4.79 Å². The maximum Gasteiger partial charge on any atom is 0.332 e. The molecule has 0 fully saturated rings. The topological polar surface area (TPSA) is 26.3 Å². The number of carbonyl (C=O) groups is 1. The molecule has 1 aliphatic rings. The average molecular weight is 216 g/mol. The van der Waals surface area contributed by atoms with Crippen molar-refractivity contribution in [1.82, 2.24) is 0 Å². The number of carbonyl (C=O) groups excluding carboxylic acids is 1. The Labute approximate surface area is 95.9 Å². The standard InChI is InChI=1S/C14H16O2/c1-9-5-10(2)7-11(6-9)12-8-13(15)16-14(12,3)4/h5-8H,1-4H3. The van der Waals surface area contributed by atoms with Crippen LogP contribution in [0.5, 0.6) is 0 Å². The van der Waals surface area contributed by atoms with E-state index in [0.717, 1.165) is 11.1 Å². The van der Waals surface area contributed by atoms with Crippen LogP contribution in [0.2, 0.25) is 0 Å². The highest BCUT2D eigenvalue weighted by atomic mass is 16.6. The maximum atomic E-state index is 11.3. The van der Waals surface area contributed by atoms with Crippen LogP contribution in [0.1, 0.15) is 30.5 Å². The Bertz CT molecular complexity index is 461. The number of hydrogen-bond acceptors (Lipinski definition) is 2. The molecule has 0 spiro atoms. The third-order valence-electron chi connectivity index (χ3n) is 2.80. The minimum atomic E-state index is -0.517. The van der Waals surface area contributed by atoms with E-state index in [4.69, 9.17) is 4.74 Å². The van der Waals surface area contributed by atoms with Crippen molar-refractivity contribution < 1.29 is 9.53 Å². The summed E-state index contributed by atoms with van der Waals surface area (Å²) in [6.07, 6.45) is 1.59. The second-order valence-electron chi connectivity index (χ2n) is 4.87. The number of hydrogen-bond donors (Lipinski definition) is 0. The molecule has 0 atom stereocenters. The van der Waals surface area contributed by atoms with Gasteiger partial charge in [-0.3, -0.25) is 0 Å². The molecule has 0 amide bonds. The van der Waals surface area contributed by atoms with Gasteiger partial charge in [0.25, 0.3) is 0 Å². The summed E-state index contributed by atoms with van der Waals surface area (Å²) in [6, 6.07) is 6.29. The van der Waals surface area contributed by atoms with Crippen LogP contribution in [0.25, 0.3) is 5.57 Å². The minimum absolute atomic E-state index is 0.251. The summed E-state index contributed by atoms with van der Waals surface area (Å²) >= 11 is 0. The van der Waals surface area contributed by atoms with Crippen LogP contribution < -0.4 is 0 Å². The summed E-state index contributed by atoms with van der Waals surface area (Å²) in [4.78, 5) is 11.3. The lowest BCUT2D eigenvalue weighted by molar-refractivity contribution is -0.142. The van der Waals surface area contributed by atoms with Crippen molar-refractivity contribution in [3.63, 3.8) is 0 Å². The van der Waals surface area contributed by atoms with Crippen molar-refractivity contribution in [1.29, 1.82) is 0 Å². The van der Waals surface area contributed by atoms with Gasteiger partial charge in [0, 0.05) is 11.6 Å². The first-order valence-electron chi connectivity index (χ1n) is 5.42. The van der Waals surface area contributed by atoms with Gasteiger partial charge >= 0.3 is 5.97 Å². The van der Waals surface area contributed by atoms with E-state index < -0.39 is 5.60 Å². The van der Waals surface area contributed by atoms with E-state index in [1.54, 1.807) is 6.08 Å². The monoisotopic (exact) mass is 216 g/mol. The van der Waals surface area contributed by atoms with Crippen molar-refractivity contribution in [2.75, 3.05) is 0 Å². The fourth-order valence-electron chi connectivity index (χ4n) is 2.19. The van der Waals surface area contributed by atoms with Crippen LogP contribution in [0.15, 0.2) is 24.3 Å². The maximum absolute atomic E-state index is 11.3. The zero-order valence-electron chi connectivity index (χ0n) is 10.1. The summed E-state index contributed by atoms with van der Waals surface area (Å²) in [5, 5.41) is 0. The molecule has 0 saturated heterocycles. The molecule has 0 aliphatic carbocycles. The van der Waals surface area contributed by atoms with Crippen LogP contribution in [-0.4, -0.2) is 11.6 Å². The van der Waals surface area contributed by atoms with Gasteiger partial charge in [-0.15, -0.1) is 0 Å². The summed E-state index contributed by atoms with van der Waals surface area (Å²) in [5.41, 5.74) is 3.92. The van der Waals surface area contributed by atoms with Gasteiger partial charge in [0.05, 0.1) is 0 Å². The van der Waals surface area contributed by atoms with E-state index >= 15 is 0 Å². The molecule has 1 heterocycles. The van der Waals surface area contributed by atoms with E-state index in [-0.39, 0.29) is 5.97 Å². The molecule has 0 saturated carbocycles. The fourth-order valence-corrected chi connectivity index (χ4v) is 2.19. The van der Waals surface area contributed by atoms with E-state index in [0.29, 0.717) is 0 Å². The largest absolute Gasteiger partial charge is 0.452 e. The van der Waals surface area contributed by atoms with Gasteiger partial charge < -0.3 is 4.74 Å². The Balaban J connectivity index is 2.52. The number of esters is 1. The Morgan fingerprint density at radius 1 is 1.06 bits per heavy atom. The van der Waals surface area contributed by atoms with Gasteiger partial charge in [-0.05, 0) is 33.3 Å². The molecule has 0 unspecified atom stereocenters. The van der Waals surface area contributed by atoms with Gasteiger partial charge in [0.1, 0.15) is 5.60 Å². The minimum Gasteiger partial charge on any atom is -0.452 e. The van der Waals surface area contributed by atoms with Gasteiger partial charge in [0.15, 0.2) is 0 Å². The highest BCUT2D eigenvalue weighted by Crippen LogP contribution is 2.35. The summed E-state index contributed by atoms with van der Waals surface area (Å²) in [7, 11) is 0. The zero-order valence-corrected chi connectivity index (χ0v) is 10.1. The van der Waals surface area contributed by atoms with Gasteiger partial charge in [-0.1, -0.05) is 29.3 Å². The highest BCUT2D eigenvalue weighted by molar-refractivity contribution is 5.98. The molecular formula is C14H16O2. The molecular weight excluding hydrogens is 200 g/mol. The summed E-state index contributed by atoms with van der Waals surface area (Å²) in [6.45, 7) is 7.95. The van der Waals surface area contributed by atoms with Crippen molar-refractivity contribution in [2.24, 2.45) is 0 Å². The number of benzene rings is 1. The van der Waals surface area contributed by atoms with Gasteiger partial charge in [-0.25, -0.2) is 4.79 Å². The smallest absolute Gasteiger partial charge is 0.332 e. The number of ether oxygens (including phenoxy) is 1. The molecule has 16 heavy (non-hydrogen) atoms. The van der Waals surface area contributed by atoms with E-state index in [2.05, 4.69) is 32.0 Å². The lowest BCUT2D eigenvalue weighted by Gasteiger charge is -2.22. The Hall–Kier alpha value is -1.57. The molecule has 2 rings (SSSR count). The summed E-state index contributed by atoms with van der Waals surface area (Å²) in [5.74, 6) is -0.251. The average Bonchev–Trinajstić information content (AvgIpc) is 2.37. The normalized spacial score (nSPS) is 18.2. The highest BCUT2D eigenvalue weighted by Gasteiger charge is 2.34.